The molecule has 1 fully saturated rings. The number of nitrogens with one attached hydrogen (secondary N) is 1. The highest BCUT2D eigenvalue weighted by Crippen LogP contribution is 2.42. The lowest BCUT2D eigenvalue weighted by molar-refractivity contribution is 0.319. The summed E-state index contributed by atoms with van der Waals surface area (Å²) in [5.74, 6) is 1.27. The van der Waals surface area contributed by atoms with Crippen LogP contribution < -0.4 is 5.32 Å². The van der Waals surface area contributed by atoms with Gasteiger partial charge in [0.15, 0.2) is 5.65 Å². The molecule has 3 aliphatic rings. The molecule has 35 heavy (non-hydrogen) atoms. The maximum atomic E-state index is 4.98. The van der Waals surface area contributed by atoms with E-state index in [1.165, 1.54) is 24.1 Å². The summed E-state index contributed by atoms with van der Waals surface area (Å²) in [6.07, 6.45) is 17.9. The van der Waals surface area contributed by atoms with E-state index in [-0.39, 0.29) is 1.43 Å². The van der Waals surface area contributed by atoms with Crippen molar-refractivity contribution >= 4 is 17.2 Å². The van der Waals surface area contributed by atoms with Crippen molar-refractivity contribution in [2.24, 2.45) is 0 Å². The van der Waals surface area contributed by atoms with Crippen molar-refractivity contribution in [2.45, 2.75) is 38.0 Å². The number of aromatic nitrogens is 5. The molecule has 3 heterocycles. The molecule has 3 aliphatic carbocycles. The molecule has 0 unspecified atom stereocenters. The largest absolute Gasteiger partial charge is 0.377 e. The van der Waals surface area contributed by atoms with Gasteiger partial charge in [0.05, 0.1) is 17.6 Å². The second-order valence-corrected chi connectivity index (χ2v) is 10.0. The molecule has 0 bridgehead atoms. The predicted octanol–water partition coefficient (Wildman–Crippen LogP) is 4.10. The van der Waals surface area contributed by atoms with Crippen LogP contribution in [-0.2, 0) is 6.42 Å². The molecular weight excluding hydrogens is 436 g/mol. The predicted molar refractivity (Wildman–Crippen MR) is 140 cm³/mol. The van der Waals surface area contributed by atoms with Crippen LogP contribution in [0.1, 0.15) is 55.5 Å². The smallest absolute Gasteiger partial charge is 0.227 e. The van der Waals surface area contributed by atoms with Crippen molar-refractivity contribution in [3.8, 4) is 0 Å². The number of fused-ring (bicyclic) bond motifs is 2. The number of anilines is 1. The van der Waals surface area contributed by atoms with Crippen LogP contribution >= 0.6 is 0 Å². The van der Waals surface area contributed by atoms with E-state index >= 15 is 0 Å². The molecule has 0 atom stereocenters. The van der Waals surface area contributed by atoms with E-state index in [4.69, 9.17) is 9.97 Å². The quantitative estimate of drug-likeness (QED) is 0.531. The Balaban J connectivity index is 0.00000267. The molecular formula is C27H34N8. The summed E-state index contributed by atoms with van der Waals surface area (Å²) in [6, 6.07) is 2.04. The molecule has 3 aromatic heterocycles. The SMILES string of the molecule is CN(C)CCN(C)C1=CC(Nc2ncc3c(n2)CC=C3c2ccn3ncc(C4CC4)c3n2)=CCC1.[HH]. The van der Waals surface area contributed by atoms with E-state index < -0.39 is 0 Å². The minimum atomic E-state index is 0. The van der Waals surface area contributed by atoms with Gasteiger partial charge in [-0.3, -0.25) is 0 Å². The van der Waals surface area contributed by atoms with Crippen LogP contribution in [-0.4, -0.2) is 68.6 Å². The van der Waals surface area contributed by atoms with Gasteiger partial charge in [0, 0.05) is 68.5 Å². The van der Waals surface area contributed by atoms with E-state index in [1.54, 1.807) is 0 Å². The third kappa shape index (κ3) is 4.46. The topological polar surface area (TPSA) is 74.5 Å². The number of allylic oxidation sites excluding steroid dienone is 4. The molecule has 6 rings (SSSR count). The van der Waals surface area contributed by atoms with Gasteiger partial charge in [-0.1, -0.05) is 12.2 Å². The summed E-state index contributed by atoms with van der Waals surface area (Å²) >= 11 is 0. The van der Waals surface area contributed by atoms with Gasteiger partial charge in [-0.15, -0.1) is 0 Å². The number of nitrogens with zero attached hydrogens (tertiary/aromatic N) is 7. The summed E-state index contributed by atoms with van der Waals surface area (Å²) in [5.41, 5.74) is 8.83. The first-order valence-corrected chi connectivity index (χ1v) is 12.5. The maximum Gasteiger partial charge on any atom is 0.227 e. The second kappa shape index (κ2) is 8.92. The van der Waals surface area contributed by atoms with Crippen LogP contribution in [0.15, 0.2) is 54.3 Å². The Hall–Kier alpha value is -3.52. The zero-order valence-corrected chi connectivity index (χ0v) is 20.7. The zero-order valence-electron chi connectivity index (χ0n) is 20.7. The van der Waals surface area contributed by atoms with Crippen LogP contribution in [0.25, 0.3) is 11.2 Å². The second-order valence-electron chi connectivity index (χ2n) is 10.0. The summed E-state index contributed by atoms with van der Waals surface area (Å²) in [5, 5.41) is 7.92. The molecule has 3 aromatic rings. The van der Waals surface area contributed by atoms with E-state index in [0.717, 1.165) is 66.2 Å². The van der Waals surface area contributed by atoms with Crippen molar-refractivity contribution in [3.05, 3.63) is 76.8 Å². The van der Waals surface area contributed by atoms with Gasteiger partial charge < -0.3 is 15.1 Å². The van der Waals surface area contributed by atoms with Crippen molar-refractivity contribution < 1.29 is 1.43 Å². The van der Waals surface area contributed by atoms with Gasteiger partial charge >= 0.3 is 0 Å². The van der Waals surface area contributed by atoms with Crippen molar-refractivity contribution in [1.82, 2.24) is 34.4 Å². The first-order chi connectivity index (χ1) is 17.0. The average Bonchev–Trinajstić information content (AvgIpc) is 3.48. The van der Waals surface area contributed by atoms with Crippen LogP contribution in [0.2, 0.25) is 0 Å². The van der Waals surface area contributed by atoms with Gasteiger partial charge in [-0.05, 0) is 57.8 Å². The Labute approximate surface area is 207 Å². The molecule has 8 heteroatoms. The highest BCUT2D eigenvalue weighted by Gasteiger charge is 2.28. The van der Waals surface area contributed by atoms with Crippen LogP contribution in [0, 0.1) is 0 Å². The van der Waals surface area contributed by atoms with Gasteiger partial charge in [0.1, 0.15) is 0 Å². The van der Waals surface area contributed by atoms with Gasteiger partial charge in [-0.2, -0.15) is 5.10 Å². The van der Waals surface area contributed by atoms with E-state index in [2.05, 4.69) is 64.6 Å². The minimum absolute atomic E-state index is 0. The fraction of sp³-hybridized carbons (Fsp3) is 0.407. The molecule has 0 aliphatic heterocycles. The zero-order chi connectivity index (χ0) is 23.9. The number of hydrogen-bond acceptors (Lipinski definition) is 7. The molecule has 1 saturated carbocycles. The first kappa shape index (κ1) is 22.0. The maximum absolute atomic E-state index is 4.98. The summed E-state index contributed by atoms with van der Waals surface area (Å²) in [4.78, 5) is 19.0. The Morgan fingerprint density at radius 3 is 2.83 bits per heavy atom. The number of hydrogen-bond donors (Lipinski definition) is 1. The fourth-order valence-corrected chi connectivity index (χ4v) is 4.83. The summed E-state index contributed by atoms with van der Waals surface area (Å²) in [7, 11) is 6.39. The Morgan fingerprint density at radius 1 is 1.11 bits per heavy atom. The third-order valence-electron chi connectivity index (χ3n) is 7.06. The molecule has 0 aromatic carbocycles. The van der Waals surface area contributed by atoms with E-state index in [9.17, 15) is 0 Å². The summed E-state index contributed by atoms with van der Waals surface area (Å²) < 4.78 is 1.88. The lowest BCUT2D eigenvalue weighted by atomic mass is 10.1. The highest BCUT2D eigenvalue weighted by atomic mass is 15.2. The van der Waals surface area contributed by atoms with Crippen LogP contribution in [0.5, 0.6) is 0 Å². The highest BCUT2D eigenvalue weighted by molar-refractivity contribution is 5.82. The molecule has 0 saturated heterocycles. The minimum Gasteiger partial charge on any atom is -0.377 e. The Kier molecular flexibility index (Phi) is 5.60. The Bertz CT molecular complexity index is 1370. The van der Waals surface area contributed by atoms with Crippen LogP contribution in [0.3, 0.4) is 0 Å². The third-order valence-corrected chi connectivity index (χ3v) is 7.06. The van der Waals surface area contributed by atoms with Crippen molar-refractivity contribution in [1.29, 1.82) is 0 Å². The van der Waals surface area contributed by atoms with Crippen molar-refractivity contribution in [2.75, 3.05) is 39.5 Å². The summed E-state index contributed by atoms with van der Waals surface area (Å²) in [6.45, 7) is 2.05. The molecule has 1 N–H and O–H groups in total. The molecule has 0 amide bonds. The monoisotopic (exact) mass is 470 g/mol. The number of rotatable bonds is 8. The molecule has 0 spiro atoms. The van der Waals surface area contributed by atoms with Crippen LogP contribution in [0.4, 0.5) is 5.95 Å². The standard InChI is InChI=1S/C27H32N8.H2/c1-33(2)13-14-34(3)20-6-4-5-19(15-20)30-27-28-16-23-21(9-10-24(23)32-27)25-11-12-35-26(31-25)22(17-29-35)18-7-8-18;/h5,9,11-12,15-18H,4,6-8,10,13-14H2,1-3H3,(H,28,30,32);1H. The van der Waals surface area contributed by atoms with Gasteiger partial charge in [-0.25, -0.2) is 19.5 Å². The fourth-order valence-electron chi connectivity index (χ4n) is 4.83. The van der Waals surface area contributed by atoms with E-state index in [0.29, 0.717) is 11.9 Å². The molecule has 8 nitrogen and oxygen atoms in total. The molecule has 182 valence electrons. The lowest BCUT2D eigenvalue weighted by Crippen LogP contribution is -2.29. The normalized spacial score (nSPS) is 17.3. The van der Waals surface area contributed by atoms with Gasteiger partial charge in [0.25, 0.3) is 0 Å². The van der Waals surface area contributed by atoms with E-state index in [1.807, 2.05) is 29.2 Å². The Morgan fingerprint density at radius 2 is 2.00 bits per heavy atom. The molecule has 0 radical (unpaired) electrons. The van der Waals surface area contributed by atoms with Crippen molar-refractivity contribution in [3.63, 3.8) is 0 Å². The number of likely N-dealkylation sites (N-methyl/N-ethyl adjacent to an activating group) is 2. The first-order valence-electron chi connectivity index (χ1n) is 12.5. The lowest BCUT2D eigenvalue weighted by Gasteiger charge is -2.26. The van der Waals surface area contributed by atoms with Gasteiger partial charge in [0.2, 0.25) is 5.95 Å². The average molecular weight is 471 g/mol.